The molecule has 5 heteroatoms. The molecule has 0 N–H and O–H groups in total. The first kappa shape index (κ1) is 13.8. The van der Waals surface area contributed by atoms with Gasteiger partial charge in [0.15, 0.2) is 0 Å². The molecule has 0 bridgehead atoms. The topological polar surface area (TPSA) is 59.3 Å². The average Bonchev–Trinajstić information content (AvgIpc) is 2.31. The zero-order valence-electron chi connectivity index (χ0n) is 9.62. The van der Waals surface area contributed by atoms with Crippen molar-refractivity contribution in [1.82, 2.24) is 0 Å². The van der Waals surface area contributed by atoms with Crippen molar-refractivity contribution >= 4 is 28.6 Å². The lowest BCUT2D eigenvalue weighted by Gasteiger charge is -2.08. The minimum atomic E-state index is -0.280. The second kappa shape index (κ2) is 6.45. The molecule has 0 unspecified atom stereocenters. The number of carbonyl (C=O) groups is 1. The van der Waals surface area contributed by atoms with Crippen LogP contribution in [0.25, 0.3) is 0 Å². The van der Waals surface area contributed by atoms with Crippen molar-refractivity contribution in [2.75, 3.05) is 13.7 Å². The Morgan fingerprint density at radius 3 is 2.76 bits per heavy atom. The third kappa shape index (κ3) is 3.60. The lowest BCUT2D eigenvalue weighted by atomic mass is 10.1. The van der Waals surface area contributed by atoms with Gasteiger partial charge in [-0.05, 0) is 47.2 Å². The van der Waals surface area contributed by atoms with Crippen molar-refractivity contribution < 1.29 is 14.3 Å². The summed E-state index contributed by atoms with van der Waals surface area (Å²) in [7, 11) is 1.50. The van der Waals surface area contributed by atoms with E-state index in [9.17, 15) is 4.79 Å². The van der Waals surface area contributed by atoms with Gasteiger partial charge in [0.2, 0.25) is 0 Å². The van der Waals surface area contributed by atoms with Crippen LogP contribution in [-0.4, -0.2) is 19.7 Å². The predicted octanol–water partition coefficient (Wildman–Crippen LogP) is 2.28. The summed E-state index contributed by atoms with van der Waals surface area (Å²) in [6.07, 6.45) is 0.189. The lowest BCUT2D eigenvalue weighted by molar-refractivity contribution is -0.142. The summed E-state index contributed by atoms with van der Waals surface area (Å²) in [4.78, 5) is 11.4. The van der Waals surface area contributed by atoms with Gasteiger partial charge in [-0.2, -0.15) is 5.26 Å². The maximum absolute atomic E-state index is 11.4. The van der Waals surface area contributed by atoms with Crippen LogP contribution in [-0.2, 0) is 16.0 Å². The highest BCUT2D eigenvalue weighted by molar-refractivity contribution is 14.1. The standard InChI is InChI=1S/C12H12INO3/c1-3-17-12(15)6-8-5-11(16-2)9(7-14)4-10(8)13/h4-5H,3,6H2,1-2H3. The van der Waals surface area contributed by atoms with Crippen molar-refractivity contribution in [3.8, 4) is 11.8 Å². The first-order valence-corrected chi connectivity index (χ1v) is 6.12. The van der Waals surface area contributed by atoms with Crippen LogP contribution in [0.3, 0.4) is 0 Å². The first-order chi connectivity index (χ1) is 8.12. The summed E-state index contributed by atoms with van der Waals surface area (Å²) in [5.41, 5.74) is 1.27. The Bertz CT molecular complexity index is 466. The van der Waals surface area contributed by atoms with Gasteiger partial charge in [0, 0.05) is 3.57 Å². The van der Waals surface area contributed by atoms with Crippen molar-refractivity contribution in [2.45, 2.75) is 13.3 Å². The number of esters is 1. The monoisotopic (exact) mass is 345 g/mol. The van der Waals surface area contributed by atoms with Crippen LogP contribution >= 0.6 is 22.6 Å². The molecule has 0 spiro atoms. The summed E-state index contributed by atoms with van der Waals surface area (Å²) in [6.45, 7) is 2.13. The molecule has 1 rings (SSSR count). The molecule has 0 heterocycles. The van der Waals surface area contributed by atoms with E-state index in [1.807, 2.05) is 6.07 Å². The second-order valence-electron chi connectivity index (χ2n) is 3.24. The van der Waals surface area contributed by atoms with E-state index in [-0.39, 0.29) is 12.4 Å². The Morgan fingerprint density at radius 1 is 1.53 bits per heavy atom. The van der Waals surface area contributed by atoms with Crippen LogP contribution < -0.4 is 4.74 Å². The van der Waals surface area contributed by atoms with E-state index < -0.39 is 0 Å². The van der Waals surface area contributed by atoms with Crippen molar-refractivity contribution in [2.24, 2.45) is 0 Å². The Morgan fingerprint density at radius 2 is 2.24 bits per heavy atom. The molecule has 1 aromatic carbocycles. The fourth-order valence-electron chi connectivity index (χ4n) is 1.35. The first-order valence-electron chi connectivity index (χ1n) is 5.04. The number of hydrogen-bond donors (Lipinski definition) is 0. The molecular weight excluding hydrogens is 333 g/mol. The van der Waals surface area contributed by atoms with Gasteiger partial charge in [-0.1, -0.05) is 0 Å². The Hall–Kier alpha value is -1.29. The molecule has 0 aliphatic rings. The number of benzene rings is 1. The van der Waals surface area contributed by atoms with Crippen LogP contribution in [0.1, 0.15) is 18.1 Å². The molecule has 0 radical (unpaired) electrons. The van der Waals surface area contributed by atoms with E-state index in [4.69, 9.17) is 14.7 Å². The maximum atomic E-state index is 11.4. The number of ether oxygens (including phenoxy) is 2. The third-order valence-corrected chi connectivity index (χ3v) is 3.13. The van der Waals surface area contributed by atoms with Crippen LogP contribution in [0.15, 0.2) is 12.1 Å². The van der Waals surface area contributed by atoms with Gasteiger partial charge in [0.25, 0.3) is 0 Å². The van der Waals surface area contributed by atoms with E-state index in [1.54, 1.807) is 19.1 Å². The zero-order valence-corrected chi connectivity index (χ0v) is 11.8. The molecule has 0 fully saturated rings. The lowest BCUT2D eigenvalue weighted by Crippen LogP contribution is -2.09. The average molecular weight is 345 g/mol. The van der Waals surface area contributed by atoms with Gasteiger partial charge in [-0.25, -0.2) is 0 Å². The van der Waals surface area contributed by atoms with Gasteiger partial charge in [-0.3, -0.25) is 4.79 Å². The summed E-state index contributed by atoms with van der Waals surface area (Å²) in [6, 6.07) is 5.45. The number of nitriles is 1. The highest BCUT2D eigenvalue weighted by Crippen LogP contribution is 2.24. The molecule has 90 valence electrons. The van der Waals surface area contributed by atoms with E-state index in [0.717, 1.165) is 9.13 Å². The van der Waals surface area contributed by atoms with Crippen molar-refractivity contribution in [1.29, 1.82) is 5.26 Å². The summed E-state index contributed by atoms with van der Waals surface area (Å²) in [5, 5.41) is 8.91. The number of nitrogens with zero attached hydrogens (tertiary/aromatic N) is 1. The zero-order chi connectivity index (χ0) is 12.8. The summed E-state index contributed by atoms with van der Waals surface area (Å²) >= 11 is 2.09. The number of rotatable bonds is 4. The molecular formula is C12H12INO3. The smallest absolute Gasteiger partial charge is 0.310 e. The minimum absolute atomic E-state index is 0.189. The number of methoxy groups -OCH3 is 1. The van der Waals surface area contributed by atoms with Crippen LogP contribution in [0, 0.1) is 14.9 Å². The Kier molecular flexibility index (Phi) is 5.22. The van der Waals surface area contributed by atoms with Gasteiger partial charge < -0.3 is 9.47 Å². The summed E-state index contributed by atoms with van der Waals surface area (Å²) in [5.74, 6) is 0.199. The van der Waals surface area contributed by atoms with Gasteiger partial charge in [0.05, 0.1) is 25.7 Å². The minimum Gasteiger partial charge on any atom is -0.495 e. The molecule has 0 saturated heterocycles. The van der Waals surface area contributed by atoms with E-state index in [2.05, 4.69) is 22.6 Å². The van der Waals surface area contributed by atoms with E-state index >= 15 is 0 Å². The van der Waals surface area contributed by atoms with Crippen LogP contribution in [0.5, 0.6) is 5.75 Å². The highest BCUT2D eigenvalue weighted by Gasteiger charge is 2.12. The Labute approximate surface area is 114 Å². The van der Waals surface area contributed by atoms with Gasteiger partial charge >= 0.3 is 5.97 Å². The fourth-order valence-corrected chi connectivity index (χ4v) is 2.01. The Balaban J connectivity index is 3.01. The van der Waals surface area contributed by atoms with E-state index in [1.165, 1.54) is 7.11 Å². The van der Waals surface area contributed by atoms with Crippen molar-refractivity contribution in [3.63, 3.8) is 0 Å². The summed E-state index contributed by atoms with van der Waals surface area (Å²) < 4.78 is 10.8. The third-order valence-electron chi connectivity index (χ3n) is 2.13. The van der Waals surface area contributed by atoms with Crippen LogP contribution in [0.2, 0.25) is 0 Å². The molecule has 0 amide bonds. The molecule has 0 aliphatic heterocycles. The molecule has 0 atom stereocenters. The molecule has 0 aliphatic carbocycles. The predicted molar refractivity (Wildman–Crippen MR) is 70.8 cm³/mol. The maximum Gasteiger partial charge on any atom is 0.310 e. The van der Waals surface area contributed by atoms with Crippen molar-refractivity contribution in [3.05, 3.63) is 26.8 Å². The van der Waals surface area contributed by atoms with E-state index in [0.29, 0.717) is 17.9 Å². The van der Waals surface area contributed by atoms with Crippen LogP contribution in [0.4, 0.5) is 0 Å². The SMILES string of the molecule is CCOC(=O)Cc1cc(OC)c(C#N)cc1I. The quantitative estimate of drug-likeness (QED) is 0.621. The fraction of sp³-hybridized carbons (Fsp3) is 0.333. The normalized spacial score (nSPS) is 9.53. The van der Waals surface area contributed by atoms with Gasteiger partial charge in [-0.15, -0.1) is 0 Å². The largest absolute Gasteiger partial charge is 0.495 e. The molecule has 17 heavy (non-hydrogen) atoms. The highest BCUT2D eigenvalue weighted by atomic mass is 127. The molecule has 0 saturated carbocycles. The number of carbonyl (C=O) groups excluding carboxylic acids is 1. The second-order valence-corrected chi connectivity index (χ2v) is 4.40. The van der Waals surface area contributed by atoms with Gasteiger partial charge in [0.1, 0.15) is 11.8 Å². The molecule has 1 aromatic rings. The number of hydrogen-bond acceptors (Lipinski definition) is 4. The number of halogens is 1. The molecule has 0 aromatic heterocycles. The molecule has 4 nitrogen and oxygen atoms in total.